The summed E-state index contributed by atoms with van der Waals surface area (Å²) in [7, 11) is 0. The predicted octanol–water partition coefficient (Wildman–Crippen LogP) is 3.89. The van der Waals surface area contributed by atoms with E-state index in [1.165, 1.54) is 38.5 Å². The minimum absolute atomic E-state index is 0.114. The molecule has 0 aromatic rings. The molecule has 0 radical (unpaired) electrons. The van der Waals surface area contributed by atoms with Crippen molar-refractivity contribution in [1.82, 2.24) is 5.32 Å². The van der Waals surface area contributed by atoms with Crippen LogP contribution in [-0.2, 0) is 4.79 Å². The quantitative estimate of drug-likeness (QED) is 0.460. The van der Waals surface area contributed by atoms with Crippen molar-refractivity contribution in [2.24, 2.45) is 0 Å². The molecular weight excluding hydrogens is 222 g/mol. The second-order valence-corrected chi connectivity index (χ2v) is 4.84. The summed E-state index contributed by atoms with van der Waals surface area (Å²) >= 11 is 0. The van der Waals surface area contributed by atoms with E-state index in [1.54, 1.807) is 0 Å². The maximum Gasteiger partial charge on any atom is 0.225 e. The highest BCUT2D eigenvalue weighted by Crippen LogP contribution is 2.07. The van der Waals surface area contributed by atoms with Gasteiger partial charge in [-0.25, -0.2) is 0 Å². The third-order valence-electron chi connectivity index (χ3n) is 3.12. The Bertz CT molecular complexity index is 335. The van der Waals surface area contributed by atoms with Crippen molar-refractivity contribution in [3.8, 4) is 0 Å². The maximum atomic E-state index is 11.6. The van der Waals surface area contributed by atoms with Crippen molar-refractivity contribution in [2.75, 3.05) is 6.54 Å². The molecule has 0 heterocycles. The Hall–Kier alpha value is -1.27. The summed E-state index contributed by atoms with van der Waals surface area (Å²) < 4.78 is 0. The molecule has 0 aliphatic heterocycles. The van der Waals surface area contributed by atoms with Crippen LogP contribution in [0.2, 0.25) is 0 Å². The smallest absolute Gasteiger partial charge is 0.225 e. The van der Waals surface area contributed by atoms with Gasteiger partial charge in [0.25, 0.3) is 0 Å². The fraction of sp³-hybridized carbons (Fsp3) is 0.625. The molecule has 0 aromatic heterocycles. The van der Waals surface area contributed by atoms with Gasteiger partial charge in [0.2, 0.25) is 5.91 Å². The van der Waals surface area contributed by atoms with Crippen LogP contribution in [0.25, 0.3) is 0 Å². The molecule has 0 unspecified atom stereocenters. The molecule has 1 rings (SSSR count). The van der Waals surface area contributed by atoms with E-state index >= 15 is 0 Å². The Balaban J connectivity index is 1.90. The Morgan fingerprint density at radius 3 is 2.56 bits per heavy atom. The van der Waals surface area contributed by atoms with E-state index in [0.717, 1.165) is 18.5 Å². The number of unbranched alkanes of at least 4 members (excludes halogenated alkanes) is 6. The van der Waals surface area contributed by atoms with Crippen molar-refractivity contribution >= 4 is 5.91 Å². The fourth-order valence-electron chi connectivity index (χ4n) is 2.02. The first-order valence-electron chi connectivity index (χ1n) is 7.22. The Morgan fingerprint density at radius 2 is 1.89 bits per heavy atom. The van der Waals surface area contributed by atoms with Crippen LogP contribution < -0.4 is 5.32 Å². The SMILES string of the molecule is CCCCCCCCCNC(=O)CC1=C=CC=C1. The van der Waals surface area contributed by atoms with E-state index in [2.05, 4.69) is 18.0 Å². The maximum absolute atomic E-state index is 11.6. The molecule has 1 aliphatic carbocycles. The van der Waals surface area contributed by atoms with Crippen LogP contribution in [0, 0.1) is 0 Å². The van der Waals surface area contributed by atoms with E-state index < -0.39 is 0 Å². The highest BCUT2D eigenvalue weighted by Gasteiger charge is 2.03. The molecule has 18 heavy (non-hydrogen) atoms. The molecule has 2 heteroatoms. The average molecular weight is 247 g/mol. The summed E-state index contributed by atoms with van der Waals surface area (Å²) in [6.07, 6.45) is 15.1. The van der Waals surface area contributed by atoms with E-state index in [0.29, 0.717) is 6.42 Å². The van der Waals surface area contributed by atoms with Crippen LogP contribution in [0.4, 0.5) is 0 Å². The normalized spacial score (nSPS) is 12.8. The van der Waals surface area contributed by atoms with Gasteiger partial charge in [-0.05, 0) is 12.5 Å². The number of amides is 1. The summed E-state index contributed by atoms with van der Waals surface area (Å²) in [5.41, 5.74) is 4.02. The summed E-state index contributed by atoms with van der Waals surface area (Å²) in [6.45, 7) is 3.05. The number of carbonyl (C=O) groups is 1. The second kappa shape index (κ2) is 9.73. The van der Waals surface area contributed by atoms with Crippen molar-refractivity contribution in [2.45, 2.75) is 58.3 Å². The van der Waals surface area contributed by atoms with Crippen molar-refractivity contribution in [3.05, 3.63) is 29.5 Å². The summed E-state index contributed by atoms with van der Waals surface area (Å²) in [4.78, 5) is 11.6. The lowest BCUT2D eigenvalue weighted by Crippen LogP contribution is -2.24. The molecule has 1 amide bonds. The molecule has 0 aromatic carbocycles. The van der Waals surface area contributed by atoms with Gasteiger partial charge in [-0.3, -0.25) is 4.79 Å². The first kappa shape index (κ1) is 14.8. The molecule has 2 nitrogen and oxygen atoms in total. The van der Waals surface area contributed by atoms with Gasteiger partial charge in [-0.15, -0.1) is 5.73 Å². The van der Waals surface area contributed by atoms with Gasteiger partial charge >= 0.3 is 0 Å². The molecular formula is C16H25NO. The molecule has 0 saturated heterocycles. The summed E-state index contributed by atoms with van der Waals surface area (Å²) in [5.74, 6) is 0.114. The molecule has 1 aliphatic rings. The monoisotopic (exact) mass is 247 g/mol. The number of rotatable bonds is 10. The van der Waals surface area contributed by atoms with Crippen LogP contribution in [0.5, 0.6) is 0 Å². The van der Waals surface area contributed by atoms with Gasteiger partial charge in [-0.2, -0.15) is 0 Å². The fourth-order valence-corrected chi connectivity index (χ4v) is 2.02. The lowest BCUT2D eigenvalue weighted by molar-refractivity contribution is -0.120. The van der Waals surface area contributed by atoms with Crippen molar-refractivity contribution in [3.63, 3.8) is 0 Å². The average Bonchev–Trinajstić information content (AvgIpc) is 2.85. The van der Waals surface area contributed by atoms with Crippen LogP contribution in [0.15, 0.2) is 29.5 Å². The zero-order chi connectivity index (χ0) is 13.1. The van der Waals surface area contributed by atoms with Crippen LogP contribution in [0.3, 0.4) is 0 Å². The van der Waals surface area contributed by atoms with Gasteiger partial charge < -0.3 is 5.32 Å². The number of carbonyl (C=O) groups excluding carboxylic acids is 1. The van der Waals surface area contributed by atoms with Crippen LogP contribution in [0.1, 0.15) is 58.3 Å². The molecule has 0 fully saturated rings. The molecule has 1 N–H and O–H groups in total. The Labute approximate surface area is 111 Å². The minimum atomic E-state index is 0.114. The number of nitrogens with one attached hydrogen (secondary N) is 1. The van der Waals surface area contributed by atoms with E-state index in [4.69, 9.17) is 0 Å². The van der Waals surface area contributed by atoms with Crippen LogP contribution in [-0.4, -0.2) is 12.5 Å². The van der Waals surface area contributed by atoms with E-state index in [-0.39, 0.29) is 5.91 Å². The molecule has 0 atom stereocenters. The lowest BCUT2D eigenvalue weighted by atomic mass is 10.1. The lowest BCUT2D eigenvalue weighted by Gasteiger charge is -2.04. The first-order chi connectivity index (χ1) is 8.83. The predicted molar refractivity (Wildman–Crippen MR) is 76.4 cm³/mol. The van der Waals surface area contributed by atoms with Crippen molar-refractivity contribution < 1.29 is 4.79 Å². The Morgan fingerprint density at radius 1 is 1.17 bits per heavy atom. The molecule has 0 saturated carbocycles. The zero-order valence-electron chi connectivity index (χ0n) is 11.5. The zero-order valence-corrected chi connectivity index (χ0v) is 11.5. The Kier molecular flexibility index (Phi) is 7.99. The molecule has 0 spiro atoms. The third kappa shape index (κ3) is 7.13. The number of hydrogen-bond donors (Lipinski definition) is 1. The first-order valence-corrected chi connectivity index (χ1v) is 7.22. The molecule has 0 bridgehead atoms. The van der Waals surface area contributed by atoms with Gasteiger partial charge in [0, 0.05) is 12.1 Å². The van der Waals surface area contributed by atoms with Gasteiger partial charge in [0.15, 0.2) is 0 Å². The van der Waals surface area contributed by atoms with Crippen molar-refractivity contribution in [1.29, 1.82) is 0 Å². The summed E-state index contributed by atoms with van der Waals surface area (Å²) in [6, 6.07) is 0. The van der Waals surface area contributed by atoms with Gasteiger partial charge in [0.05, 0.1) is 6.42 Å². The standard InChI is InChI=1S/C16H25NO/c1-2-3-4-5-6-7-10-13-17-16(18)14-15-11-8-9-12-15/h8-9,11H,2-7,10,13-14H2,1H3,(H,17,18). The highest BCUT2D eigenvalue weighted by molar-refractivity contribution is 5.79. The van der Waals surface area contributed by atoms with Crippen LogP contribution >= 0.6 is 0 Å². The largest absolute Gasteiger partial charge is 0.356 e. The summed E-state index contributed by atoms with van der Waals surface area (Å²) in [5, 5.41) is 2.96. The minimum Gasteiger partial charge on any atom is -0.356 e. The highest BCUT2D eigenvalue weighted by atomic mass is 16.1. The van der Waals surface area contributed by atoms with Gasteiger partial charge in [-0.1, -0.05) is 57.6 Å². The number of allylic oxidation sites excluding steroid dienone is 2. The van der Waals surface area contributed by atoms with Gasteiger partial charge in [0.1, 0.15) is 0 Å². The third-order valence-corrected chi connectivity index (χ3v) is 3.12. The van der Waals surface area contributed by atoms with E-state index in [1.807, 2.05) is 18.2 Å². The van der Waals surface area contributed by atoms with E-state index in [9.17, 15) is 4.79 Å². The topological polar surface area (TPSA) is 29.1 Å². The molecule has 100 valence electrons. The second-order valence-electron chi connectivity index (χ2n) is 4.84. The number of hydrogen-bond acceptors (Lipinski definition) is 1.